The Kier molecular flexibility index (Phi) is 4.68. The molecule has 1 unspecified atom stereocenters. The van der Waals surface area contributed by atoms with Gasteiger partial charge in [-0.3, -0.25) is 0 Å². The summed E-state index contributed by atoms with van der Waals surface area (Å²) in [7, 11) is -2.76. The van der Waals surface area contributed by atoms with E-state index in [9.17, 15) is 8.42 Å². The van der Waals surface area contributed by atoms with Crippen LogP contribution in [0.3, 0.4) is 0 Å². The highest BCUT2D eigenvalue weighted by Crippen LogP contribution is 2.00. The fourth-order valence-electron chi connectivity index (χ4n) is 0.831. The SMILES string of the molecule is CC(N)CCCCS(C)(=O)=O. The maximum Gasteiger partial charge on any atom is 0.147 e. The largest absolute Gasteiger partial charge is 0.328 e. The predicted molar refractivity (Wildman–Crippen MR) is 47.2 cm³/mol. The van der Waals surface area contributed by atoms with Gasteiger partial charge in [0.25, 0.3) is 0 Å². The summed E-state index contributed by atoms with van der Waals surface area (Å²) < 4.78 is 21.3. The minimum atomic E-state index is -2.76. The van der Waals surface area contributed by atoms with Crippen LogP contribution in [0.1, 0.15) is 26.2 Å². The van der Waals surface area contributed by atoms with Crippen molar-refractivity contribution in [2.24, 2.45) is 5.73 Å². The third kappa shape index (κ3) is 9.91. The van der Waals surface area contributed by atoms with Gasteiger partial charge < -0.3 is 5.73 Å². The molecule has 0 amide bonds. The van der Waals surface area contributed by atoms with Crippen LogP contribution in [-0.4, -0.2) is 26.5 Å². The van der Waals surface area contributed by atoms with E-state index in [4.69, 9.17) is 5.73 Å². The molecule has 0 aromatic carbocycles. The second-order valence-electron chi connectivity index (χ2n) is 3.10. The van der Waals surface area contributed by atoms with Crippen LogP contribution in [0.2, 0.25) is 0 Å². The van der Waals surface area contributed by atoms with Crippen LogP contribution in [0.5, 0.6) is 0 Å². The van der Waals surface area contributed by atoms with Crippen molar-refractivity contribution in [3.63, 3.8) is 0 Å². The molecule has 11 heavy (non-hydrogen) atoms. The number of nitrogens with two attached hydrogens (primary N) is 1. The average molecular weight is 179 g/mol. The van der Waals surface area contributed by atoms with Crippen LogP contribution in [0.4, 0.5) is 0 Å². The van der Waals surface area contributed by atoms with Crippen LogP contribution in [-0.2, 0) is 9.84 Å². The Morgan fingerprint density at radius 1 is 1.36 bits per heavy atom. The maximum atomic E-state index is 10.6. The van der Waals surface area contributed by atoms with Crippen molar-refractivity contribution >= 4 is 9.84 Å². The Morgan fingerprint density at radius 2 is 1.91 bits per heavy atom. The molecule has 0 aromatic heterocycles. The number of sulfone groups is 1. The van der Waals surface area contributed by atoms with Gasteiger partial charge in [-0.2, -0.15) is 0 Å². The zero-order valence-electron chi connectivity index (χ0n) is 7.21. The summed E-state index contributed by atoms with van der Waals surface area (Å²) in [6.07, 6.45) is 3.82. The van der Waals surface area contributed by atoms with Gasteiger partial charge in [-0.15, -0.1) is 0 Å². The van der Waals surface area contributed by atoms with E-state index in [1.54, 1.807) is 0 Å². The monoisotopic (exact) mass is 179 g/mol. The lowest BCUT2D eigenvalue weighted by molar-refractivity contribution is 0.585. The molecule has 4 heteroatoms. The molecule has 0 heterocycles. The van der Waals surface area contributed by atoms with Gasteiger partial charge in [0.2, 0.25) is 0 Å². The predicted octanol–water partition coefficient (Wildman–Crippen LogP) is 0.549. The normalized spacial score (nSPS) is 14.8. The van der Waals surface area contributed by atoms with Gasteiger partial charge >= 0.3 is 0 Å². The second-order valence-corrected chi connectivity index (χ2v) is 5.36. The molecule has 68 valence electrons. The number of rotatable bonds is 5. The van der Waals surface area contributed by atoms with Crippen LogP contribution in [0, 0.1) is 0 Å². The summed E-state index contributed by atoms with van der Waals surface area (Å²) >= 11 is 0. The quantitative estimate of drug-likeness (QED) is 0.627. The Hall–Kier alpha value is -0.0900. The Morgan fingerprint density at radius 3 is 2.27 bits per heavy atom. The van der Waals surface area contributed by atoms with Gasteiger partial charge in [-0.05, 0) is 19.8 Å². The van der Waals surface area contributed by atoms with Crippen molar-refractivity contribution in [3.05, 3.63) is 0 Å². The highest BCUT2D eigenvalue weighted by atomic mass is 32.2. The average Bonchev–Trinajstić information content (AvgIpc) is 1.78. The first kappa shape index (κ1) is 10.9. The van der Waals surface area contributed by atoms with E-state index < -0.39 is 9.84 Å². The maximum absolute atomic E-state index is 10.6. The summed E-state index contributed by atoms with van der Waals surface area (Å²) in [6, 6.07) is 0.189. The Balaban J connectivity index is 3.30. The minimum absolute atomic E-state index is 0.189. The van der Waals surface area contributed by atoms with E-state index in [0.717, 1.165) is 19.3 Å². The Labute approximate surface area is 68.9 Å². The van der Waals surface area contributed by atoms with Crippen molar-refractivity contribution in [1.29, 1.82) is 0 Å². The molecule has 0 bridgehead atoms. The lowest BCUT2D eigenvalue weighted by atomic mass is 10.2. The van der Waals surface area contributed by atoms with Gasteiger partial charge in [0, 0.05) is 18.1 Å². The van der Waals surface area contributed by atoms with E-state index in [-0.39, 0.29) is 6.04 Å². The van der Waals surface area contributed by atoms with Crippen LogP contribution < -0.4 is 5.73 Å². The first-order chi connectivity index (χ1) is 4.92. The Bertz CT molecular complexity index is 185. The lowest BCUT2D eigenvalue weighted by Gasteiger charge is -2.02. The van der Waals surface area contributed by atoms with E-state index in [2.05, 4.69) is 0 Å². The van der Waals surface area contributed by atoms with E-state index in [1.165, 1.54) is 6.26 Å². The third-order valence-corrected chi connectivity index (χ3v) is 2.45. The molecule has 0 saturated carbocycles. The van der Waals surface area contributed by atoms with Gasteiger partial charge in [-0.1, -0.05) is 6.42 Å². The smallest absolute Gasteiger partial charge is 0.147 e. The molecule has 0 radical (unpaired) electrons. The van der Waals surface area contributed by atoms with Crippen molar-refractivity contribution in [3.8, 4) is 0 Å². The van der Waals surface area contributed by atoms with Gasteiger partial charge in [0.1, 0.15) is 9.84 Å². The molecule has 0 aliphatic carbocycles. The third-order valence-electron chi connectivity index (χ3n) is 1.42. The molecule has 1 atom stereocenters. The van der Waals surface area contributed by atoms with E-state index >= 15 is 0 Å². The van der Waals surface area contributed by atoms with Crippen molar-refractivity contribution in [1.82, 2.24) is 0 Å². The molecule has 0 spiro atoms. The first-order valence-corrected chi connectivity index (χ1v) is 5.91. The molecular formula is C7H17NO2S. The zero-order chi connectivity index (χ0) is 8.91. The first-order valence-electron chi connectivity index (χ1n) is 3.85. The lowest BCUT2D eigenvalue weighted by Crippen LogP contribution is -2.14. The summed E-state index contributed by atoms with van der Waals surface area (Å²) in [5.74, 6) is 0.291. The standard InChI is InChI=1S/C7H17NO2S/c1-7(8)5-3-4-6-11(2,9)10/h7H,3-6,8H2,1-2H3. The summed E-state index contributed by atoms with van der Waals surface area (Å²) in [5, 5.41) is 0. The van der Waals surface area contributed by atoms with Gasteiger partial charge in [-0.25, -0.2) is 8.42 Å². The van der Waals surface area contributed by atoms with Crippen LogP contribution in [0.15, 0.2) is 0 Å². The van der Waals surface area contributed by atoms with Crippen LogP contribution in [0.25, 0.3) is 0 Å². The molecule has 2 N–H and O–H groups in total. The fraction of sp³-hybridized carbons (Fsp3) is 1.00. The second kappa shape index (κ2) is 4.72. The zero-order valence-corrected chi connectivity index (χ0v) is 8.02. The summed E-state index contributed by atoms with van der Waals surface area (Å²) in [4.78, 5) is 0. The summed E-state index contributed by atoms with van der Waals surface area (Å²) in [6.45, 7) is 1.93. The number of hydrogen-bond acceptors (Lipinski definition) is 3. The molecule has 0 fully saturated rings. The fourth-order valence-corrected chi connectivity index (χ4v) is 1.56. The molecule has 0 aliphatic rings. The molecule has 0 saturated heterocycles. The minimum Gasteiger partial charge on any atom is -0.328 e. The topological polar surface area (TPSA) is 60.2 Å². The number of hydrogen-bond donors (Lipinski definition) is 1. The molecule has 3 nitrogen and oxygen atoms in total. The van der Waals surface area contributed by atoms with E-state index in [0.29, 0.717) is 5.75 Å². The van der Waals surface area contributed by atoms with Crippen LogP contribution >= 0.6 is 0 Å². The van der Waals surface area contributed by atoms with Crippen molar-refractivity contribution < 1.29 is 8.42 Å². The summed E-state index contributed by atoms with van der Waals surface area (Å²) in [5.41, 5.74) is 5.49. The molecule has 0 aliphatic heterocycles. The highest BCUT2D eigenvalue weighted by Gasteiger charge is 2.01. The molecule has 0 rings (SSSR count). The molecular weight excluding hydrogens is 162 g/mol. The van der Waals surface area contributed by atoms with Gasteiger partial charge in [0.15, 0.2) is 0 Å². The van der Waals surface area contributed by atoms with Gasteiger partial charge in [0.05, 0.1) is 0 Å². The van der Waals surface area contributed by atoms with E-state index in [1.807, 2.05) is 6.92 Å². The highest BCUT2D eigenvalue weighted by molar-refractivity contribution is 7.90. The molecule has 0 aromatic rings. The number of unbranched alkanes of at least 4 members (excludes halogenated alkanes) is 1. The van der Waals surface area contributed by atoms with Crippen molar-refractivity contribution in [2.45, 2.75) is 32.2 Å². The van der Waals surface area contributed by atoms with Crippen molar-refractivity contribution in [2.75, 3.05) is 12.0 Å².